The van der Waals surface area contributed by atoms with Gasteiger partial charge in [0.05, 0.1) is 12.6 Å². The number of amides is 1. The SMILES string of the molecule is COc1ccccc1Oc1ncccc1C(=O)NC1CCC(Nc2nc(N(C)C)c3ccccc3n2)CC1.O=C(O)C(F)(F)F. The van der Waals surface area contributed by atoms with Crippen LogP contribution in [0.5, 0.6) is 17.4 Å². The maximum absolute atomic E-state index is 13.2. The van der Waals surface area contributed by atoms with Crippen molar-refractivity contribution in [1.29, 1.82) is 0 Å². The number of carboxylic acids is 1. The lowest BCUT2D eigenvalue weighted by atomic mass is 9.91. The van der Waals surface area contributed by atoms with Gasteiger partial charge in [0, 0.05) is 37.8 Å². The van der Waals surface area contributed by atoms with Crippen molar-refractivity contribution in [2.45, 2.75) is 43.9 Å². The molecule has 5 rings (SSSR count). The molecule has 1 fully saturated rings. The zero-order chi connectivity index (χ0) is 32.6. The Kier molecular flexibility index (Phi) is 10.6. The van der Waals surface area contributed by atoms with E-state index < -0.39 is 12.1 Å². The van der Waals surface area contributed by atoms with Crippen molar-refractivity contribution in [2.24, 2.45) is 0 Å². The van der Waals surface area contributed by atoms with Gasteiger partial charge in [-0.25, -0.2) is 14.8 Å². The molecule has 14 heteroatoms. The number of pyridine rings is 1. The van der Waals surface area contributed by atoms with Gasteiger partial charge in [0.25, 0.3) is 5.91 Å². The summed E-state index contributed by atoms with van der Waals surface area (Å²) in [6, 6.07) is 19.1. The van der Waals surface area contributed by atoms with Crippen molar-refractivity contribution < 1.29 is 37.3 Å². The summed E-state index contributed by atoms with van der Waals surface area (Å²) in [5.74, 6) is -0.114. The van der Waals surface area contributed by atoms with Gasteiger partial charge in [-0.15, -0.1) is 0 Å². The molecule has 45 heavy (non-hydrogen) atoms. The Morgan fingerprint density at radius 3 is 2.18 bits per heavy atom. The molecule has 0 aliphatic heterocycles. The number of methoxy groups -OCH3 is 1. The molecule has 0 unspecified atom stereocenters. The smallest absolute Gasteiger partial charge is 0.490 e. The molecule has 0 spiro atoms. The Hall–Kier alpha value is -5.14. The van der Waals surface area contributed by atoms with Crippen LogP contribution in [0.4, 0.5) is 24.9 Å². The lowest BCUT2D eigenvalue weighted by molar-refractivity contribution is -0.192. The van der Waals surface area contributed by atoms with Crippen LogP contribution in [0, 0.1) is 0 Å². The fourth-order valence-electron chi connectivity index (χ4n) is 4.75. The van der Waals surface area contributed by atoms with Crippen LogP contribution < -0.4 is 25.0 Å². The molecule has 1 saturated carbocycles. The minimum atomic E-state index is -5.08. The number of hydrogen-bond acceptors (Lipinski definition) is 9. The second kappa shape index (κ2) is 14.6. The number of aliphatic carboxylic acids is 1. The highest BCUT2D eigenvalue weighted by molar-refractivity contribution is 5.96. The summed E-state index contributed by atoms with van der Waals surface area (Å²) in [5.41, 5.74) is 1.30. The first-order valence-electron chi connectivity index (χ1n) is 14.0. The molecule has 238 valence electrons. The monoisotopic (exact) mass is 626 g/mol. The summed E-state index contributed by atoms with van der Waals surface area (Å²) < 4.78 is 43.1. The van der Waals surface area contributed by atoms with Gasteiger partial charge in [-0.3, -0.25) is 4.79 Å². The maximum Gasteiger partial charge on any atom is 0.490 e. The van der Waals surface area contributed by atoms with Crippen molar-refractivity contribution in [2.75, 3.05) is 31.4 Å². The minimum Gasteiger partial charge on any atom is -0.493 e. The molecule has 2 aromatic heterocycles. The van der Waals surface area contributed by atoms with Gasteiger partial charge in [-0.05, 0) is 62.1 Å². The van der Waals surface area contributed by atoms with E-state index in [1.54, 1.807) is 37.6 Å². The van der Waals surface area contributed by atoms with E-state index in [9.17, 15) is 18.0 Å². The molecule has 0 radical (unpaired) electrons. The van der Waals surface area contributed by atoms with Gasteiger partial charge in [-0.1, -0.05) is 24.3 Å². The highest BCUT2D eigenvalue weighted by atomic mass is 19.4. The third-order valence-electron chi connectivity index (χ3n) is 6.94. The molecular weight excluding hydrogens is 593 g/mol. The Morgan fingerprint density at radius 1 is 0.911 bits per heavy atom. The lowest BCUT2D eigenvalue weighted by Gasteiger charge is -2.30. The number of ether oxygens (including phenoxy) is 2. The number of alkyl halides is 3. The topological polar surface area (TPSA) is 139 Å². The van der Waals surface area contributed by atoms with E-state index in [4.69, 9.17) is 29.3 Å². The quantitative estimate of drug-likeness (QED) is 0.224. The molecule has 0 bridgehead atoms. The largest absolute Gasteiger partial charge is 0.493 e. The third kappa shape index (κ3) is 8.71. The Bertz CT molecular complexity index is 1630. The standard InChI is InChI=1S/C29H32N6O3.C2HF3O2/c1-35(2)26-21-9-4-5-11-23(21)33-29(34-26)32-20-16-14-19(15-17-20)31-27(36)22-10-8-18-30-28(22)38-25-13-7-6-12-24(25)37-3;3-2(4,5)1(6)7/h4-13,18-20H,14-17H2,1-3H3,(H,31,36)(H,32,33,34);(H,6,7). The van der Waals surface area contributed by atoms with E-state index in [0.29, 0.717) is 23.0 Å². The molecule has 0 saturated heterocycles. The van der Waals surface area contributed by atoms with Crippen LogP contribution in [0.25, 0.3) is 10.9 Å². The van der Waals surface area contributed by atoms with Crippen molar-refractivity contribution in [1.82, 2.24) is 20.3 Å². The lowest BCUT2D eigenvalue weighted by Crippen LogP contribution is -2.40. The first-order valence-corrected chi connectivity index (χ1v) is 14.0. The molecule has 4 aromatic rings. The highest BCUT2D eigenvalue weighted by Gasteiger charge is 2.38. The molecule has 1 aliphatic carbocycles. The van der Waals surface area contributed by atoms with Gasteiger partial charge in [0.2, 0.25) is 11.8 Å². The molecule has 3 N–H and O–H groups in total. The predicted octanol–water partition coefficient (Wildman–Crippen LogP) is 5.68. The predicted molar refractivity (Wildman–Crippen MR) is 162 cm³/mol. The summed E-state index contributed by atoms with van der Waals surface area (Å²) in [6.07, 6.45) is 0.0159. The first-order chi connectivity index (χ1) is 21.5. The van der Waals surface area contributed by atoms with Crippen LogP contribution in [-0.2, 0) is 4.79 Å². The summed E-state index contributed by atoms with van der Waals surface area (Å²) in [6.45, 7) is 0. The van der Waals surface area contributed by atoms with Crippen molar-refractivity contribution >= 4 is 34.5 Å². The number of para-hydroxylation sites is 3. The van der Waals surface area contributed by atoms with Gasteiger partial charge < -0.3 is 30.1 Å². The van der Waals surface area contributed by atoms with E-state index in [2.05, 4.69) is 15.6 Å². The second-order valence-corrected chi connectivity index (χ2v) is 10.4. The Balaban J connectivity index is 0.000000591. The van der Waals surface area contributed by atoms with Gasteiger partial charge in [0.1, 0.15) is 11.4 Å². The number of rotatable bonds is 8. The number of fused-ring (bicyclic) bond motifs is 1. The third-order valence-corrected chi connectivity index (χ3v) is 6.94. The molecular formula is C31H33F3N6O5. The number of benzene rings is 2. The number of nitrogens with one attached hydrogen (secondary N) is 2. The van der Waals surface area contributed by atoms with Crippen LogP contribution >= 0.6 is 0 Å². The Morgan fingerprint density at radius 2 is 1.53 bits per heavy atom. The van der Waals surface area contributed by atoms with E-state index >= 15 is 0 Å². The van der Waals surface area contributed by atoms with E-state index in [-0.39, 0.29) is 23.9 Å². The Labute approximate surface area is 257 Å². The van der Waals surface area contributed by atoms with E-state index in [1.165, 1.54) is 0 Å². The average molecular weight is 627 g/mol. The number of hydrogen-bond donors (Lipinski definition) is 3. The fraction of sp³-hybridized carbons (Fsp3) is 0.323. The highest BCUT2D eigenvalue weighted by Crippen LogP contribution is 2.32. The summed E-state index contributed by atoms with van der Waals surface area (Å²) in [5, 5.41) is 14.8. The van der Waals surface area contributed by atoms with Gasteiger partial charge in [-0.2, -0.15) is 18.2 Å². The number of anilines is 2. The van der Waals surface area contributed by atoms with Crippen LogP contribution in [-0.4, -0.2) is 71.4 Å². The van der Waals surface area contributed by atoms with Crippen molar-refractivity contribution in [3.8, 4) is 17.4 Å². The number of carboxylic acid groups (broad SMARTS) is 1. The number of aromatic nitrogens is 3. The molecule has 2 aromatic carbocycles. The molecule has 0 atom stereocenters. The van der Waals surface area contributed by atoms with E-state index in [0.717, 1.165) is 42.4 Å². The van der Waals surface area contributed by atoms with Crippen LogP contribution in [0.3, 0.4) is 0 Å². The van der Waals surface area contributed by atoms with Crippen LogP contribution in [0.15, 0.2) is 66.9 Å². The number of nitrogens with zero attached hydrogens (tertiary/aromatic N) is 4. The van der Waals surface area contributed by atoms with Gasteiger partial charge in [0.15, 0.2) is 11.5 Å². The average Bonchev–Trinajstić information content (AvgIpc) is 3.02. The summed E-state index contributed by atoms with van der Waals surface area (Å²) in [7, 11) is 5.55. The maximum atomic E-state index is 13.2. The van der Waals surface area contributed by atoms with E-state index in [1.807, 2.05) is 55.4 Å². The van der Waals surface area contributed by atoms with Crippen molar-refractivity contribution in [3.05, 3.63) is 72.4 Å². The molecule has 1 amide bonds. The molecule has 1 aliphatic rings. The minimum absolute atomic E-state index is 0.0646. The zero-order valence-electron chi connectivity index (χ0n) is 24.8. The number of halogens is 3. The van der Waals surface area contributed by atoms with Crippen LogP contribution in [0.2, 0.25) is 0 Å². The molecule has 2 heterocycles. The number of carbonyl (C=O) groups is 2. The first kappa shape index (κ1) is 32.8. The zero-order valence-corrected chi connectivity index (χ0v) is 24.8. The normalized spacial score (nSPS) is 16.1. The van der Waals surface area contributed by atoms with Crippen LogP contribution in [0.1, 0.15) is 36.0 Å². The summed E-state index contributed by atoms with van der Waals surface area (Å²) in [4.78, 5) is 37.9. The van der Waals surface area contributed by atoms with Gasteiger partial charge >= 0.3 is 12.1 Å². The molecule has 11 nitrogen and oxygen atoms in total. The number of carbonyl (C=O) groups excluding carboxylic acids is 1. The summed E-state index contributed by atoms with van der Waals surface area (Å²) >= 11 is 0. The fourth-order valence-corrected chi connectivity index (χ4v) is 4.75. The second-order valence-electron chi connectivity index (χ2n) is 10.4. The van der Waals surface area contributed by atoms with Crippen molar-refractivity contribution in [3.63, 3.8) is 0 Å².